The fourth-order valence-corrected chi connectivity index (χ4v) is 2.26. The third kappa shape index (κ3) is 3.97. The van der Waals surface area contributed by atoms with Gasteiger partial charge in [0.15, 0.2) is 0 Å². The Kier molecular flexibility index (Phi) is 4.97. The minimum atomic E-state index is -0.431. The van der Waals surface area contributed by atoms with E-state index in [1.807, 2.05) is 0 Å². The van der Waals surface area contributed by atoms with Crippen LogP contribution in [0.3, 0.4) is 0 Å². The van der Waals surface area contributed by atoms with E-state index in [-0.39, 0.29) is 13.2 Å². The Bertz CT molecular complexity index is 762. The number of aromatic nitrogens is 2. The van der Waals surface area contributed by atoms with Gasteiger partial charge in [0.1, 0.15) is 18.9 Å². The van der Waals surface area contributed by atoms with Crippen LogP contribution in [0.25, 0.3) is 0 Å². The zero-order valence-electron chi connectivity index (χ0n) is 13.5. The number of carbonyl (C=O) groups is 2. The van der Waals surface area contributed by atoms with Gasteiger partial charge < -0.3 is 20.1 Å². The van der Waals surface area contributed by atoms with Crippen molar-refractivity contribution in [2.24, 2.45) is 0 Å². The Morgan fingerprint density at radius 1 is 1.36 bits per heavy atom. The van der Waals surface area contributed by atoms with Crippen LogP contribution in [-0.4, -0.2) is 48.7 Å². The van der Waals surface area contributed by atoms with Gasteiger partial charge in [-0.05, 0) is 24.2 Å². The van der Waals surface area contributed by atoms with Crippen LogP contribution in [0, 0.1) is 6.92 Å². The van der Waals surface area contributed by atoms with Crippen molar-refractivity contribution < 1.29 is 23.7 Å². The third-order valence-corrected chi connectivity index (χ3v) is 3.44. The highest BCUT2D eigenvalue weighted by atomic mass is 16.6. The molecule has 1 aliphatic rings. The van der Waals surface area contributed by atoms with Gasteiger partial charge in [-0.25, -0.2) is 14.2 Å². The maximum atomic E-state index is 12.0. The normalized spacial score (nSPS) is 13.5. The largest absolute Gasteiger partial charge is 0.472 e. The molecule has 0 atom stereocenters. The van der Waals surface area contributed by atoms with E-state index in [4.69, 9.17) is 9.47 Å². The minimum absolute atomic E-state index is 0.211. The number of cyclic esters (lactones) is 1. The molecule has 0 bridgehead atoms. The number of urea groups is 1. The molecule has 132 valence electrons. The van der Waals surface area contributed by atoms with Gasteiger partial charge in [-0.2, -0.15) is 0 Å². The van der Waals surface area contributed by atoms with Crippen molar-refractivity contribution in [2.45, 2.75) is 6.92 Å². The van der Waals surface area contributed by atoms with E-state index < -0.39 is 12.1 Å². The third-order valence-electron chi connectivity index (χ3n) is 3.44. The predicted octanol–water partition coefficient (Wildman–Crippen LogP) is 1.54. The van der Waals surface area contributed by atoms with Crippen LogP contribution >= 0.6 is 0 Å². The molecule has 1 saturated heterocycles. The molecule has 3 rings (SSSR count). The zero-order chi connectivity index (χ0) is 17.6. The van der Waals surface area contributed by atoms with E-state index in [0.29, 0.717) is 36.1 Å². The fourth-order valence-electron chi connectivity index (χ4n) is 2.26. The number of nitrogens with one attached hydrogen (secondary N) is 2. The van der Waals surface area contributed by atoms with Crippen molar-refractivity contribution in [3.63, 3.8) is 0 Å². The highest BCUT2D eigenvalue weighted by Crippen LogP contribution is 2.27. The fraction of sp³-hybridized carbons (Fsp3) is 0.333. The molecule has 2 heterocycles. The second-order valence-corrected chi connectivity index (χ2v) is 5.17. The monoisotopic (exact) mass is 347 g/mol. The van der Waals surface area contributed by atoms with Crippen molar-refractivity contribution in [3.05, 3.63) is 30.0 Å². The van der Waals surface area contributed by atoms with Gasteiger partial charge in [-0.15, -0.1) is 0 Å². The second kappa shape index (κ2) is 7.51. The summed E-state index contributed by atoms with van der Waals surface area (Å²) in [4.78, 5) is 25.2. The lowest BCUT2D eigenvalue weighted by molar-refractivity contribution is 0.181. The number of amides is 3. The molecule has 0 aliphatic carbocycles. The summed E-state index contributed by atoms with van der Waals surface area (Å²) in [6.07, 6.45) is -0.431. The molecule has 0 saturated carbocycles. The van der Waals surface area contributed by atoms with Gasteiger partial charge in [0, 0.05) is 0 Å². The lowest BCUT2D eigenvalue weighted by Crippen LogP contribution is -2.33. The van der Waals surface area contributed by atoms with Crippen molar-refractivity contribution in [3.8, 4) is 5.88 Å². The van der Waals surface area contributed by atoms with Gasteiger partial charge in [0.2, 0.25) is 0 Å². The van der Waals surface area contributed by atoms with Crippen LogP contribution in [0.15, 0.2) is 28.9 Å². The van der Waals surface area contributed by atoms with Crippen molar-refractivity contribution in [1.82, 2.24) is 15.6 Å². The molecular weight excluding hydrogens is 330 g/mol. The van der Waals surface area contributed by atoms with Crippen LogP contribution in [0.5, 0.6) is 5.88 Å². The molecule has 10 nitrogen and oxygen atoms in total. The number of carbonyl (C=O) groups excluding carboxylic acids is 2. The summed E-state index contributed by atoms with van der Waals surface area (Å²) >= 11 is 0. The van der Waals surface area contributed by atoms with Crippen LogP contribution in [0.1, 0.15) is 5.69 Å². The van der Waals surface area contributed by atoms with Crippen LogP contribution in [-0.2, 0) is 4.74 Å². The first-order valence-corrected chi connectivity index (χ1v) is 7.65. The maximum absolute atomic E-state index is 12.0. The molecule has 1 aliphatic heterocycles. The van der Waals surface area contributed by atoms with E-state index in [1.165, 1.54) is 4.90 Å². The average molecular weight is 347 g/mol. The van der Waals surface area contributed by atoms with E-state index >= 15 is 0 Å². The average Bonchev–Trinajstić information content (AvgIpc) is 3.20. The van der Waals surface area contributed by atoms with E-state index in [1.54, 1.807) is 31.2 Å². The lowest BCUT2D eigenvalue weighted by atomic mass is 10.2. The molecule has 0 unspecified atom stereocenters. The van der Waals surface area contributed by atoms with Gasteiger partial charge in [-0.3, -0.25) is 4.90 Å². The number of hydrogen-bond acceptors (Lipinski definition) is 7. The molecule has 0 radical (unpaired) electrons. The summed E-state index contributed by atoms with van der Waals surface area (Å²) < 4.78 is 14.8. The molecule has 1 aromatic carbocycles. The van der Waals surface area contributed by atoms with Gasteiger partial charge in [0.25, 0.3) is 5.88 Å². The molecule has 1 fully saturated rings. The number of benzene rings is 1. The lowest BCUT2D eigenvalue weighted by Gasteiger charge is -2.17. The summed E-state index contributed by atoms with van der Waals surface area (Å²) in [5.74, 6) is 0.292. The van der Waals surface area contributed by atoms with Crippen molar-refractivity contribution in [2.75, 3.05) is 36.5 Å². The minimum Gasteiger partial charge on any atom is -0.472 e. The van der Waals surface area contributed by atoms with Gasteiger partial charge in [-0.1, -0.05) is 17.3 Å². The first-order valence-electron chi connectivity index (χ1n) is 7.65. The zero-order valence-corrected chi connectivity index (χ0v) is 13.5. The molecule has 0 spiro atoms. The summed E-state index contributed by atoms with van der Waals surface area (Å²) in [5, 5.41) is 12.5. The first kappa shape index (κ1) is 16.6. The first-order chi connectivity index (χ1) is 12.1. The summed E-state index contributed by atoms with van der Waals surface area (Å²) in [5.41, 5.74) is 1.63. The van der Waals surface area contributed by atoms with Gasteiger partial charge in [0.05, 0.1) is 24.5 Å². The van der Waals surface area contributed by atoms with Crippen LogP contribution in [0.4, 0.5) is 21.0 Å². The summed E-state index contributed by atoms with van der Waals surface area (Å²) in [7, 11) is 0. The number of aryl methyl sites for hydroxylation is 1. The van der Waals surface area contributed by atoms with E-state index in [2.05, 4.69) is 25.6 Å². The summed E-state index contributed by atoms with van der Waals surface area (Å²) in [6, 6.07) is 6.59. The van der Waals surface area contributed by atoms with E-state index in [9.17, 15) is 9.59 Å². The summed E-state index contributed by atoms with van der Waals surface area (Å²) in [6.45, 7) is 2.94. The second-order valence-electron chi connectivity index (χ2n) is 5.17. The topological polar surface area (TPSA) is 119 Å². The quantitative estimate of drug-likeness (QED) is 0.761. The number of ether oxygens (including phenoxy) is 2. The molecule has 10 heteroatoms. The van der Waals surface area contributed by atoms with Crippen molar-refractivity contribution >= 4 is 23.5 Å². The standard InChI is InChI=1S/C15H17N5O5/c1-10-13(19-25-18-10)23-8-6-16-14(21)17-11-4-2-3-5-12(11)20-7-9-24-15(20)22/h2-5H,6-9H2,1H3,(H2,16,17,21). The SMILES string of the molecule is Cc1nonc1OCCNC(=O)Nc1ccccc1N1CCOC1=O. The molecule has 1 aromatic heterocycles. The van der Waals surface area contributed by atoms with Crippen LogP contribution in [0.2, 0.25) is 0 Å². The number of anilines is 2. The van der Waals surface area contributed by atoms with Gasteiger partial charge >= 0.3 is 12.1 Å². The molecule has 2 N–H and O–H groups in total. The Hall–Kier alpha value is -3.30. The molecular formula is C15H17N5O5. The highest BCUT2D eigenvalue weighted by molar-refractivity contribution is 5.98. The Labute approximate surface area is 143 Å². The molecule has 25 heavy (non-hydrogen) atoms. The number of rotatable bonds is 6. The Morgan fingerprint density at radius 2 is 2.20 bits per heavy atom. The smallest absolute Gasteiger partial charge is 0.414 e. The number of nitrogens with zero attached hydrogens (tertiary/aromatic N) is 3. The predicted molar refractivity (Wildman–Crippen MR) is 86.7 cm³/mol. The van der Waals surface area contributed by atoms with Crippen molar-refractivity contribution in [1.29, 1.82) is 0 Å². The number of hydrogen-bond donors (Lipinski definition) is 2. The van der Waals surface area contributed by atoms with E-state index in [0.717, 1.165) is 0 Å². The Balaban J connectivity index is 1.51. The number of para-hydroxylation sites is 2. The molecule has 2 aromatic rings. The Morgan fingerprint density at radius 3 is 2.92 bits per heavy atom. The highest BCUT2D eigenvalue weighted by Gasteiger charge is 2.25. The van der Waals surface area contributed by atoms with Crippen LogP contribution < -0.4 is 20.3 Å². The maximum Gasteiger partial charge on any atom is 0.414 e. The molecule has 3 amide bonds.